The van der Waals surface area contributed by atoms with Gasteiger partial charge in [0.05, 0.1) is 6.04 Å². The minimum atomic E-state index is -1.32. The van der Waals surface area contributed by atoms with Gasteiger partial charge in [-0.3, -0.25) is 0 Å². The Hall–Kier alpha value is -1.37. The van der Waals surface area contributed by atoms with Crippen molar-refractivity contribution in [2.75, 3.05) is 0 Å². The van der Waals surface area contributed by atoms with Gasteiger partial charge in [-0.05, 0) is 34.1 Å². The summed E-state index contributed by atoms with van der Waals surface area (Å²) in [5.41, 5.74) is 0.0915. The molecule has 1 aromatic heterocycles. The highest BCUT2D eigenvalue weighted by Gasteiger charge is 2.36. The van der Waals surface area contributed by atoms with E-state index in [4.69, 9.17) is 0 Å². The second-order valence-electron chi connectivity index (χ2n) is 4.07. The summed E-state index contributed by atoms with van der Waals surface area (Å²) in [5, 5.41) is 3.96. The van der Waals surface area contributed by atoms with E-state index in [0.717, 1.165) is 18.2 Å². The molecule has 0 unspecified atom stereocenters. The van der Waals surface area contributed by atoms with Crippen molar-refractivity contribution in [3.05, 3.63) is 46.0 Å². The zero-order valence-corrected chi connectivity index (χ0v) is 10.5. The molecule has 2 atom stereocenters. The zero-order chi connectivity index (χ0) is 12.9. The zero-order valence-electron chi connectivity index (χ0n) is 8.95. The highest BCUT2D eigenvalue weighted by atomic mass is 79.9. The van der Waals surface area contributed by atoms with E-state index in [0.29, 0.717) is 0 Å². The lowest BCUT2D eigenvalue weighted by molar-refractivity contribution is 0.326. The van der Waals surface area contributed by atoms with Crippen LogP contribution in [0.15, 0.2) is 22.9 Å². The Labute approximate surface area is 109 Å². The second kappa shape index (κ2) is 4.08. The van der Waals surface area contributed by atoms with E-state index in [9.17, 15) is 13.2 Å². The van der Waals surface area contributed by atoms with E-state index >= 15 is 0 Å². The van der Waals surface area contributed by atoms with Crippen molar-refractivity contribution in [3.8, 4) is 0 Å². The summed E-state index contributed by atoms with van der Waals surface area (Å²) in [6.45, 7) is 0. The third kappa shape index (κ3) is 1.73. The van der Waals surface area contributed by atoms with Crippen LogP contribution in [0.5, 0.6) is 0 Å². The van der Waals surface area contributed by atoms with Crippen LogP contribution in [0.1, 0.15) is 30.0 Å². The van der Waals surface area contributed by atoms with Gasteiger partial charge in [0.1, 0.15) is 11.6 Å². The van der Waals surface area contributed by atoms with E-state index < -0.39 is 23.8 Å². The minimum Gasteiger partial charge on any atom is -0.239 e. The van der Waals surface area contributed by atoms with E-state index in [1.165, 1.54) is 4.68 Å². The van der Waals surface area contributed by atoms with Crippen molar-refractivity contribution in [2.45, 2.75) is 18.6 Å². The van der Waals surface area contributed by atoms with Crippen LogP contribution in [0.2, 0.25) is 0 Å². The molecule has 0 saturated heterocycles. The Bertz CT molecular complexity index is 614. The molecule has 1 aromatic carbocycles. The van der Waals surface area contributed by atoms with Gasteiger partial charge in [0.15, 0.2) is 12.0 Å². The number of aromatic nitrogens is 3. The molecule has 0 N–H and O–H groups in total. The van der Waals surface area contributed by atoms with E-state index in [-0.39, 0.29) is 22.5 Å². The van der Waals surface area contributed by atoms with Crippen molar-refractivity contribution in [1.29, 1.82) is 0 Å². The molecule has 3 nitrogen and oxygen atoms in total. The molecule has 0 radical (unpaired) electrons. The quantitative estimate of drug-likeness (QED) is 0.807. The monoisotopic (exact) mass is 317 g/mol. The highest BCUT2D eigenvalue weighted by molar-refractivity contribution is 9.10. The van der Waals surface area contributed by atoms with Crippen molar-refractivity contribution in [3.63, 3.8) is 0 Å². The number of rotatable bonds is 1. The number of hydrogen-bond acceptors (Lipinski definition) is 2. The molecular weight excluding hydrogens is 311 g/mol. The first-order chi connectivity index (χ1) is 8.56. The summed E-state index contributed by atoms with van der Waals surface area (Å²) in [7, 11) is 0. The molecule has 0 fully saturated rings. The normalized spacial score (nSPS) is 22.2. The van der Waals surface area contributed by atoms with Crippen LogP contribution in [0, 0.1) is 11.6 Å². The molecule has 7 heteroatoms. The van der Waals surface area contributed by atoms with Crippen molar-refractivity contribution in [2.24, 2.45) is 0 Å². The fraction of sp³-hybridized carbons (Fsp3) is 0.273. The standard InChI is InChI=1S/C11H7BrF3N3/c12-11-16-10-8(15)4-9(18(10)17-11)6-3-5(13)1-2-7(6)14/h1-3,8-9H,4H2/t8-,9-/m0/s1. The molecule has 1 aliphatic rings. The molecule has 0 saturated carbocycles. The van der Waals surface area contributed by atoms with Gasteiger partial charge in [-0.15, -0.1) is 5.10 Å². The molecule has 18 heavy (non-hydrogen) atoms. The first-order valence-corrected chi connectivity index (χ1v) is 6.06. The molecule has 2 heterocycles. The lowest BCUT2D eigenvalue weighted by Crippen LogP contribution is -2.09. The predicted molar refractivity (Wildman–Crippen MR) is 60.7 cm³/mol. The summed E-state index contributed by atoms with van der Waals surface area (Å²) < 4.78 is 42.1. The second-order valence-corrected chi connectivity index (χ2v) is 4.78. The van der Waals surface area contributed by atoms with E-state index in [1.807, 2.05) is 0 Å². The molecule has 1 aliphatic heterocycles. The minimum absolute atomic E-state index is 0.0169. The maximum atomic E-state index is 13.7. The smallest absolute Gasteiger partial charge is 0.217 e. The number of hydrogen-bond donors (Lipinski definition) is 0. The number of halogens is 4. The Balaban J connectivity index is 2.11. The molecule has 0 spiro atoms. The van der Waals surface area contributed by atoms with E-state index in [1.54, 1.807) is 0 Å². The van der Waals surface area contributed by atoms with Crippen molar-refractivity contribution < 1.29 is 13.2 Å². The molecule has 0 amide bonds. The largest absolute Gasteiger partial charge is 0.239 e. The SMILES string of the molecule is Fc1ccc(F)c([C@@H]2C[C@H](F)c3nc(Br)nn32)c1. The van der Waals surface area contributed by atoms with Crippen LogP contribution < -0.4 is 0 Å². The summed E-state index contributed by atoms with van der Waals surface area (Å²) >= 11 is 3.04. The lowest BCUT2D eigenvalue weighted by Gasteiger charge is -2.12. The van der Waals surface area contributed by atoms with Gasteiger partial charge in [0.25, 0.3) is 0 Å². The molecule has 2 aromatic rings. The average molecular weight is 318 g/mol. The van der Waals surface area contributed by atoms with Crippen molar-refractivity contribution in [1.82, 2.24) is 14.8 Å². The third-order valence-electron chi connectivity index (χ3n) is 2.95. The van der Waals surface area contributed by atoms with Gasteiger partial charge in [-0.2, -0.15) is 0 Å². The molecule has 0 aliphatic carbocycles. The van der Waals surface area contributed by atoms with Crippen LogP contribution in [0.3, 0.4) is 0 Å². The fourth-order valence-electron chi connectivity index (χ4n) is 2.18. The van der Waals surface area contributed by atoms with Crippen LogP contribution in [0.25, 0.3) is 0 Å². The number of benzene rings is 1. The average Bonchev–Trinajstić information content (AvgIpc) is 2.82. The first-order valence-electron chi connectivity index (χ1n) is 5.27. The van der Waals surface area contributed by atoms with Crippen molar-refractivity contribution >= 4 is 15.9 Å². The van der Waals surface area contributed by atoms with Crippen LogP contribution >= 0.6 is 15.9 Å². The highest BCUT2D eigenvalue weighted by Crippen LogP contribution is 2.40. The molecular formula is C11H7BrF3N3. The number of fused-ring (bicyclic) bond motifs is 1. The Morgan fingerprint density at radius 3 is 2.89 bits per heavy atom. The Morgan fingerprint density at radius 1 is 1.33 bits per heavy atom. The van der Waals surface area contributed by atoms with Gasteiger partial charge >= 0.3 is 0 Å². The lowest BCUT2D eigenvalue weighted by atomic mass is 10.0. The van der Waals surface area contributed by atoms with Gasteiger partial charge in [0.2, 0.25) is 4.73 Å². The summed E-state index contributed by atoms with van der Waals surface area (Å²) in [6.07, 6.45) is -1.31. The fourth-order valence-corrected chi connectivity index (χ4v) is 2.53. The van der Waals surface area contributed by atoms with E-state index in [2.05, 4.69) is 26.0 Å². The van der Waals surface area contributed by atoms with Crippen LogP contribution in [-0.2, 0) is 0 Å². The maximum absolute atomic E-state index is 13.7. The Morgan fingerprint density at radius 2 is 2.11 bits per heavy atom. The summed E-state index contributed by atoms with van der Waals surface area (Å²) in [5.74, 6) is -1.00. The Kier molecular flexibility index (Phi) is 2.65. The van der Waals surface area contributed by atoms with Crippen LogP contribution in [-0.4, -0.2) is 14.8 Å². The predicted octanol–water partition coefficient (Wildman–Crippen LogP) is 3.32. The molecule has 94 valence electrons. The van der Waals surface area contributed by atoms with Gasteiger partial charge in [0, 0.05) is 12.0 Å². The summed E-state index contributed by atoms with van der Waals surface area (Å²) in [4.78, 5) is 3.88. The third-order valence-corrected chi connectivity index (χ3v) is 3.29. The molecule has 0 bridgehead atoms. The number of nitrogens with zero attached hydrogens (tertiary/aromatic N) is 3. The first kappa shape index (κ1) is 11.7. The maximum Gasteiger partial charge on any atom is 0.217 e. The molecule has 3 rings (SSSR count). The van der Waals surface area contributed by atoms with Gasteiger partial charge in [-0.1, -0.05) is 0 Å². The van der Waals surface area contributed by atoms with Gasteiger partial charge < -0.3 is 0 Å². The number of alkyl halides is 1. The summed E-state index contributed by atoms with van der Waals surface area (Å²) in [6, 6.07) is 2.46. The topological polar surface area (TPSA) is 30.7 Å². The van der Waals surface area contributed by atoms with Crippen LogP contribution in [0.4, 0.5) is 13.2 Å². The van der Waals surface area contributed by atoms with Gasteiger partial charge in [-0.25, -0.2) is 22.8 Å².